The lowest BCUT2D eigenvalue weighted by Crippen LogP contribution is -2.54. The highest BCUT2D eigenvalue weighted by molar-refractivity contribution is 6.23. The van der Waals surface area contributed by atoms with Gasteiger partial charge in [0, 0.05) is 92.0 Å². The molecule has 6 aliphatic heterocycles. The molecule has 16 heteroatoms. The predicted octanol–water partition coefficient (Wildman–Crippen LogP) is 5.28. The van der Waals surface area contributed by atoms with Crippen LogP contribution in [0.25, 0.3) is 10.9 Å². The van der Waals surface area contributed by atoms with Crippen LogP contribution >= 0.6 is 0 Å². The van der Waals surface area contributed by atoms with E-state index in [0.717, 1.165) is 45.3 Å². The van der Waals surface area contributed by atoms with E-state index in [2.05, 4.69) is 15.2 Å². The Hall–Kier alpha value is -5.61. The van der Waals surface area contributed by atoms with Crippen molar-refractivity contribution < 1.29 is 41.5 Å². The fourth-order valence-electron chi connectivity index (χ4n) is 10.8. The van der Waals surface area contributed by atoms with E-state index in [1.54, 1.807) is 12.1 Å². The molecule has 3 fully saturated rings. The Morgan fingerprint density at radius 3 is 2.08 bits per heavy atom. The van der Waals surface area contributed by atoms with E-state index < -0.39 is 60.3 Å². The van der Waals surface area contributed by atoms with Crippen LogP contribution < -0.4 is 10.2 Å². The molecule has 0 bridgehead atoms. The molecule has 1 aromatic heterocycles. The number of benzene rings is 3. The van der Waals surface area contributed by atoms with Gasteiger partial charge in [0.2, 0.25) is 17.7 Å². The van der Waals surface area contributed by atoms with Gasteiger partial charge in [0.15, 0.2) is 0 Å². The molecular weight excluding hydrogens is 795 g/mol. The summed E-state index contributed by atoms with van der Waals surface area (Å²) in [5, 5.41) is 3.14. The fraction of sp³-hybridized carbons (Fsp3) is 0.444. The minimum Gasteiger partial charge on any atom is -0.371 e. The van der Waals surface area contributed by atoms with E-state index in [-0.39, 0.29) is 53.9 Å². The zero-order chi connectivity index (χ0) is 42.3. The van der Waals surface area contributed by atoms with E-state index in [1.807, 2.05) is 34.1 Å². The average molecular weight is 840 g/mol. The minimum atomic E-state index is -2.68. The van der Waals surface area contributed by atoms with Gasteiger partial charge in [0.05, 0.1) is 23.7 Å². The highest BCUT2D eigenvalue weighted by atomic mass is 19.3. The number of amides is 5. The molecule has 0 saturated carbocycles. The number of fused-ring (bicyclic) bond motifs is 5. The van der Waals surface area contributed by atoms with Crippen molar-refractivity contribution in [1.29, 1.82) is 0 Å². The lowest BCUT2D eigenvalue weighted by atomic mass is 9.91. The molecule has 10 rings (SSSR count). The number of piperidine rings is 3. The molecule has 3 saturated heterocycles. The number of hydrogen-bond donors (Lipinski definition) is 2. The van der Waals surface area contributed by atoms with Crippen molar-refractivity contribution >= 4 is 46.1 Å². The molecule has 6 aliphatic rings. The third kappa shape index (κ3) is 6.87. The van der Waals surface area contributed by atoms with Gasteiger partial charge in [-0.05, 0) is 85.5 Å². The topological polar surface area (TPSA) is 129 Å². The Morgan fingerprint density at radius 2 is 1.44 bits per heavy atom. The summed E-state index contributed by atoms with van der Waals surface area (Å²) in [4.78, 5) is 76.4. The number of carbonyl (C=O) groups excluding carboxylic acids is 5. The lowest BCUT2D eigenvalue weighted by molar-refractivity contribution is -0.138. The summed E-state index contributed by atoms with van der Waals surface area (Å²) in [5.41, 5.74) is 4.77. The number of hydrogen-bond acceptors (Lipinski definition) is 8. The number of H-pyrrole nitrogens is 1. The zero-order valence-corrected chi connectivity index (χ0v) is 33.4. The van der Waals surface area contributed by atoms with Crippen LogP contribution in [-0.4, -0.2) is 112 Å². The van der Waals surface area contributed by atoms with Crippen molar-refractivity contribution in [2.24, 2.45) is 5.92 Å². The number of nitrogens with zero attached hydrogens (tertiary/aromatic N) is 5. The van der Waals surface area contributed by atoms with Crippen LogP contribution in [-0.2, 0) is 33.9 Å². The monoisotopic (exact) mass is 839 g/mol. The van der Waals surface area contributed by atoms with Crippen molar-refractivity contribution in [2.45, 2.75) is 82.6 Å². The predicted molar refractivity (Wildman–Crippen MR) is 215 cm³/mol. The number of rotatable bonds is 7. The number of anilines is 1. The van der Waals surface area contributed by atoms with Crippen LogP contribution in [0.15, 0.2) is 48.5 Å². The number of nitrogens with one attached hydrogen (secondary N) is 2. The van der Waals surface area contributed by atoms with Gasteiger partial charge in [-0.3, -0.25) is 44.0 Å². The molecule has 2 N–H and O–H groups in total. The maximum atomic E-state index is 16.2. The number of imide groups is 2. The summed E-state index contributed by atoms with van der Waals surface area (Å²) in [5.74, 6) is -3.84. The number of para-hydroxylation sites is 1. The molecule has 2 atom stereocenters. The van der Waals surface area contributed by atoms with E-state index in [9.17, 15) is 32.8 Å². The molecule has 12 nitrogen and oxygen atoms in total. The Labute approximate surface area is 348 Å². The Morgan fingerprint density at radius 1 is 0.787 bits per heavy atom. The van der Waals surface area contributed by atoms with E-state index in [0.29, 0.717) is 69.9 Å². The number of aromatic nitrogens is 1. The molecule has 0 aliphatic carbocycles. The average Bonchev–Trinajstić information content (AvgIpc) is 3.91. The normalized spacial score (nSPS) is 23.0. The maximum absolute atomic E-state index is 16.2. The first-order valence-electron chi connectivity index (χ1n) is 21.2. The Balaban J connectivity index is 0.751. The molecule has 5 amide bonds. The third-order valence-corrected chi connectivity index (χ3v) is 13.9. The van der Waals surface area contributed by atoms with E-state index in [4.69, 9.17) is 0 Å². The minimum absolute atomic E-state index is 0.0600. The van der Waals surface area contributed by atoms with Crippen LogP contribution in [0, 0.1) is 17.6 Å². The van der Waals surface area contributed by atoms with Gasteiger partial charge in [0.1, 0.15) is 17.7 Å². The lowest BCUT2D eigenvalue weighted by Gasteiger charge is -2.40. The second-order valence-corrected chi connectivity index (χ2v) is 17.3. The SMILES string of the molecule is O=C1CCC(N2C(=O)c3cc4c(cc3C2=O)CN(C2CCN(C(=O)C3CCN(c5cc(F)c([C@@H]6c7[nH]c8ccccc8c7CCN6CC(F)F)c(F)c5)CC3)CC2)C4)C(=O)N1. The molecule has 4 aromatic rings. The largest absolute Gasteiger partial charge is 0.371 e. The number of likely N-dealkylation sites (tertiary alicyclic amines) is 1. The van der Waals surface area contributed by atoms with Crippen molar-refractivity contribution in [3.05, 3.63) is 99.2 Å². The highest BCUT2D eigenvalue weighted by Gasteiger charge is 2.46. The van der Waals surface area contributed by atoms with Crippen molar-refractivity contribution in [3.63, 3.8) is 0 Å². The summed E-state index contributed by atoms with van der Waals surface area (Å²) in [7, 11) is 0. The van der Waals surface area contributed by atoms with Gasteiger partial charge in [0.25, 0.3) is 18.2 Å². The van der Waals surface area contributed by atoms with Gasteiger partial charge >= 0.3 is 0 Å². The van der Waals surface area contributed by atoms with Crippen molar-refractivity contribution in [3.8, 4) is 0 Å². The number of halogens is 4. The first kappa shape index (κ1) is 39.5. The van der Waals surface area contributed by atoms with Crippen molar-refractivity contribution in [1.82, 2.24) is 29.9 Å². The standard InChI is InChI=1S/C45H45F4N7O5/c46-33-19-28(20-34(47)39(33)41-40-30(11-16-54(41)23-37(48)49)29-3-1-2-4-35(29)50-40)52-12-7-24(8-13-52)43(59)53-14-9-27(10-15-53)55-21-25-17-31-32(18-26(25)22-55)45(61)56(44(31)60)36-5-6-38(57)51-42(36)58/h1-4,17-20,24,27,36-37,41,50H,5-16,21-23H2,(H,51,57,58)/t36?,41-/m1/s1. The summed E-state index contributed by atoms with van der Waals surface area (Å²) >= 11 is 0. The zero-order valence-electron chi connectivity index (χ0n) is 33.4. The maximum Gasteiger partial charge on any atom is 0.262 e. The second kappa shape index (κ2) is 15.4. The molecule has 7 heterocycles. The smallest absolute Gasteiger partial charge is 0.262 e. The highest BCUT2D eigenvalue weighted by Crippen LogP contribution is 2.42. The molecule has 318 valence electrons. The first-order valence-corrected chi connectivity index (χ1v) is 21.2. The molecule has 0 spiro atoms. The summed E-state index contributed by atoms with van der Waals surface area (Å²) < 4.78 is 59.8. The van der Waals surface area contributed by atoms with Gasteiger partial charge in [-0.15, -0.1) is 0 Å². The van der Waals surface area contributed by atoms with Crippen molar-refractivity contribution in [2.75, 3.05) is 44.2 Å². The number of aromatic amines is 1. The number of alkyl halides is 2. The van der Waals surface area contributed by atoms with Crippen LogP contribution in [0.2, 0.25) is 0 Å². The fourth-order valence-corrected chi connectivity index (χ4v) is 10.8. The summed E-state index contributed by atoms with van der Waals surface area (Å²) in [6.45, 7) is 2.86. The molecule has 61 heavy (non-hydrogen) atoms. The van der Waals surface area contributed by atoms with E-state index >= 15 is 8.78 Å². The van der Waals surface area contributed by atoms with Crippen LogP contribution in [0.4, 0.5) is 23.2 Å². The molecule has 1 unspecified atom stereocenters. The summed E-state index contributed by atoms with van der Waals surface area (Å²) in [6, 6.07) is 11.8. The number of carbonyl (C=O) groups is 5. The molecular formula is C45H45F4N7O5. The third-order valence-electron chi connectivity index (χ3n) is 13.9. The van der Waals surface area contributed by atoms with Gasteiger partial charge in [-0.1, -0.05) is 18.2 Å². The Kier molecular flexibility index (Phi) is 9.97. The van der Waals surface area contributed by atoms with Crippen LogP contribution in [0.3, 0.4) is 0 Å². The summed E-state index contributed by atoms with van der Waals surface area (Å²) in [6.07, 6.45) is 0.548. The Bertz CT molecular complexity index is 2430. The quantitative estimate of drug-likeness (QED) is 0.190. The second-order valence-electron chi connectivity index (χ2n) is 17.3. The van der Waals surface area contributed by atoms with E-state index in [1.165, 1.54) is 17.0 Å². The van der Waals surface area contributed by atoms with Gasteiger partial charge in [-0.25, -0.2) is 17.6 Å². The van der Waals surface area contributed by atoms with Crippen LogP contribution in [0.1, 0.15) is 93.2 Å². The van der Waals surface area contributed by atoms with Crippen LogP contribution in [0.5, 0.6) is 0 Å². The molecule has 3 aromatic carbocycles. The van der Waals surface area contributed by atoms with Gasteiger partial charge in [-0.2, -0.15) is 0 Å². The van der Waals surface area contributed by atoms with Gasteiger partial charge < -0.3 is 14.8 Å². The first-order chi connectivity index (χ1) is 29.4. The molecule has 0 radical (unpaired) electrons.